The predicted octanol–water partition coefficient (Wildman–Crippen LogP) is 2.48. The molecule has 2 N–H and O–H groups in total. The van der Waals surface area contributed by atoms with Gasteiger partial charge in [0.2, 0.25) is 17.7 Å². The lowest BCUT2D eigenvalue weighted by Gasteiger charge is -2.34. The maximum atomic E-state index is 14.0. The maximum absolute atomic E-state index is 14.0. The highest BCUT2D eigenvalue weighted by Gasteiger charge is 2.57. The highest BCUT2D eigenvalue weighted by Crippen LogP contribution is 2.47. The SMILES string of the molecule is CN(C(=O)[C@H](CC1CC1)NC(=O)C(F)(F)F)[C@@H](CC1CC1)C(=O)N1C[C@]2(C[C@H]1C#N)C(=O)Nc1ccccc12. The van der Waals surface area contributed by atoms with Crippen LogP contribution in [-0.4, -0.2) is 71.3 Å². The van der Waals surface area contributed by atoms with Gasteiger partial charge in [-0.05, 0) is 36.3 Å². The highest BCUT2D eigenvalue weighted by molar-refractivity contribution is 6.07. The number of nitrogens with one attached hydrogen (secondary N) is 2. The van der Waals surface area contributed by atoms with Crippen molar-refractivity contribution >= 4 is 29.3 Å². The van der Waals surface area contributed by atoms with Gasteiger partial charge < -0.3 is 20.4 Å². The Labute approximate surface area is 223 Å². The van der Waals surface area contributed by atoms with Gasteiger partial charge in [0.15, 0.2) is 0 Å². The molecule has 1 saturated heterocycles. The number of likely N-dealkylation sites (tertiary alicyclic amines) is 1. The van der Waals surface area contributed by atoms with Crippen molar-refractivity contribution in [1.29, 1.82) is 5.26 Å². The van der Waals surface area contributed by atoms with Gasteiger partial charge in [0.05, 0.1) is 11.5 Å². The third-order valence-corrected chi connectivity index (χ3v) is 8.40. The molecule has 4 atom stereocenters. The van der Waals surface area contributed by atoms with Gasteiger partial charge in [0.25, 0.3) is 0 Å². The minimum Gasteiger partial charge on any atom is -0.336 e. The molecule has 0 radical (unpaired) electrons. The fourth-order valence-corrected chi connectivity index (χ4v) is 5.82. The molecule has 2 heterocycles. The lowest BCUT2D eigenvalue weighted by Crippen LogP contribution is -2.57. The number of likely N-dealkylation sites (N-methyl/N-ethyl adjacent to an activating group) is 1. The molecular formula is C27H30F3N5O4. The minimum absolute atomic E-state index is 0.0285. The maximum Gasteiger partial charge on any atom is 0.471 e. The largest absolute Gasteiger partial charge is 0.471 e. The minimum atomic E-state index is -5.15. The van der Waals surface area contributed by atoms with Crippen molar-refractivity contribution < 1.29 is 32.3 Å². The first-order valence-corrected chi connectivity index (χ1v) is 13.2. The summed E-state index contributed by atoms with van der Waals surface area (Å²) in [6.45, 7) is -0.0492. The molecule has 9 nitrogen and oxygen atoms in total. The third kappa shape index (κ3) is 5.18. The quantitative estimate of drug-likeness (QED) is 0.520. The molecule has 3 fully saturated rings. The van der Waals surface area contributed by atoms with Crippen molar-refractivity contribution in [2.45, 2.75) is 74.7 Å². The van der Waals surface area contributed by atoms with E-state index >= 15 is 0 Å². The Kier molecular flexibility index (Phi) is 6.81. The van der Waals surface area contributed by atoms with Gasteiger partial charge in [-0.1, -0.05) is 43.9 Å². The van der Waals surface area contributed by atoms with Gasteiger partial charge in [0, 0.05) is 25.7 Å². The number of halogens is 3. The second-order valence-corrected chi connectivity index (χ2v) is 11.2. The van der Waals surface area contributed by atoms with Crippen molar-refractivity contribution in [3.05, 3.63) is 29.8 Å². The average Bonchev–Trinajstić information content (AvgIpc) is 3.83. The van der Waals surface area contributed by atoms with Crippen LogP contribution in [0.4, 0.5) is 18.9 Å². The van der Waals surface area contributed by atoms with Crippen LogP contribution in [-0.2, 0) is 24.6 Å². The van der Waals surface area contributed by atoms with Gasteiger partial charge in [-0.3, -0.25) is 19.2 Å². The number of nitriles is 1. The fraction of sp³-hybridized carbons (Fsp3) is 0.593. The number of benzene rings is 1. The molecule has 208 valence electrons. The van der Waals surface area contributed by atoms with E-state index in [0.29, 0.717) is 11.3 Å². The van der Waals surface area contributed by atoms with E-state index in [1.165, 1.54) is 11.9 Å². The van der Waals surface area contributed by atoms with Crippen molar-refractivity contribution in [1.82, 2.24) is 15.1 Å². The third-order valence-electron chi connectivity index (χ3n) is 8.40. The van der Waals surface area contributed by atoms with E-state index in [2.05, 4.69) is 11.4 Å². The molecule has 12 heteroatoms. The molecule has 2 aliphatic heterocycles. The number of alkyl halides is 3. The molecule has 1 aromatic carbocycles. The number of nitrogens with zero attached hydrogens (tertiary/aromatic N) is 3. The van der Waals surface area contributed by atoms with E-state index < -0.39 is 47.4 Å². The van der Waals surface area contributed by atoms with Crippen molar-refractivity contribution in [3.63, 3.8) is 0 Å². The van der Waals surface area contributed by atoms with Crippen molar-refractivity contribution in [2.24, 2.45) is 11.8 Å². The number of hydrogen-bond acceptors (Lipinski definition) is 5. The average molecular weight is 546 g/mol. The fourth-order valence-electron chi connectivity index (χ4n) is 5.82. The summed E-state index contributed by atoms with van der Waals surface area (Å²) in [7, 11) is 1.36. The summed E-state index contributed by atoms with van der Waals surface area (Å²) >= 11 is 0. The van der Waals surface area contributed by atoms with E-state index in [4.69, 9.17) is 0 Å². The Hall–Kier alpha value is -3.62. The number of rotatable bonds is 8. The van der Waals surface area contributed by atoms with Crippen LogP contribution in [0.2, 0.25) is 0 Å². The smallest absolute Gasteiger partial charge is 0.336 e. The molecule has 4 aliphatic rings. The van der Waals surface area contributed by atoms with E-state index in [0.717, 1.165) is 30.6 Å². The monoisotopic (exact) mass is 545 g/mol. The number of para-hydroxylation sites is 1. The summed E-state index contributed by atoms with van der Waals surface area (Å²) in [6, 6.07) is 5.85. The lowest BCUT2D eigenvalue weighted by molar-refractivity contribution is -0.175. The van der Waals surface area contributed by atoms with E-state index in [1.54, 1.807) is 24.3 Å². The molecule has 2 aliphatic carbocycles. The number of hydrogen-bond donors (Lipinski definition) is 2. The second-order valence-electron chi connectivity index (χ2n) is 11.2. The van der Waals surface area contributed by atoms with Crippen LogP contribution in [0.5, 0.6) is 0 Å². The zero-order valence-electron chi connectivity index (χ0n) is 21.5. The lowest BCUT2D eigenvalue weighted by atomic mass is 9.80. The molecule has 1 aromatic rings. The predicted molar refractivity (Wildman–Crippen MR) is 132 cm³/mol. The standard InChI is InChI=1S/C27H30F3N5O4/c1-34(22(36)20(10-15-6-7-15)33-25(39)27(28,29)30)21(11-16-8-9-16)23(37)35-14-26(12-17(35)13-31)18-4-2-3-5-19(18)32-24(26)38/h2-5,15-17,20-21H,6-12,14H2,1H3,(H,32,38)(H,33,39)/t17-,20-,21-,26-/m0/s1. The van der Waals surface area contributed by atoms with E-state index in [9.17, 15) is 37.6 Å². The Morgan fingerprint density at radius 1 is 1.18 bits per heavy atom. The molecule has 1 spiro atoms. The molecule has 5 rings (SSSR count). The normalized spacial score (nSPS) is 25.5. The Bertz CT molecular complexity index is 1240. The van der Waals surface area contributed by atoms with Gasteiger partial charge in [-0.25, -0.2) is 0 Å². The van der Waals surface area contributed by atoms with Crippen LogP contribution in [0, 0.1) is 23.2 Å². The van der Waals surface area contributed by atoms with Crippen LogP contribution in [0.3, 0.4) is 0 Å². The van der Waals surface area contributed by atoms with Gasteiger partial charge in [-0.15, -0.1) is 0 Å². The zero-order valence-corrected chi connectivity index (χ0v) is 21.5. The second kappa shape index (κ2) is 9.84. The van der Waals surface area contributed by atoms with E-state index in [-0.39, 0.29) is 43.6 Å². The summed E-state index contributed by atoms with van der Waals surface area (Å²) in [5, 5.41) is 14.6. The Morgan fingerprint density at radius 3 is 2.44 bits per heavy atom. The summed E-state index contributed by atoms with van der Waals surface area (Å²) in [5.74, 6) is -3.61. The first-order chi connectivity index (χ1) is 18.4. The Morgan fingerprint density at radius 2 is 1.82 bits per heavy atom. The number of fused-ring (bicyclic) bond motifs is 2. The molecule has 0 aromatic heterocycles. The number of anilines is 1. The van der Waals surface area contributed by atoms with Gasteiger partial charge >= 0.3 is 12.1 Å². The van der Waals surface area contributed by atoms with Gasteiger partial charge in [0.1, 0.15) is 18.1 Å². The first-order valence-electron chi connectivity index (χ1n) is 13.2. The van der Waals surface area contributed by atoms with Crippen LogP contribution in [0.15, 0.2) is 24.3 Å². The summed E-state index contributed by atoms with van der Waals surface area (Å²) in [4.78, 5) is 54.8. The number of carbonyl (C=O) groups is 4. The van der Waals surface area contributed by atoms with Crippen LogP contribution >= 0.6 is 0 Å². The summed E-state index contributed by atoms with van der Waals surface area (Å²) in [6.07, 6.45) is -1.50. The molecule has 0 unspecified atom stereocenters. The summed E-state index contributed by atoms with van der Waals surface area (Å²) in [5.41, 5.74) is 0.223. The Balaban J connectivity index is 1.40. The van der Waals surface area contributed by atoms with Crippen LogP contribution < -0.4 is 10.6 Å². The molecule has 39 heavy (non-hydrogen) atoms. The zero-order chi connectivity index (χ0) is 28.1. The molecular weight excluding hydrogens is 515 g/mol. The molecule has 0 bridgehead atoms. The molecule has 4 amide bonds. The van der Waals surface area contributed by atoms with Crippen molar-refractivity contribution in [3.8, 4) is 6.07 Å². The highest BCUT2D eigenvalue weighted by atomic mass is 19.4. The van der Waals surface area contributed by atoms with E-state index in [1.807, 2.05) is 5.32 Å². The molecule has 2 saturated carbocycles. The number of amides is 4. The summed E-state index contributed by atoms with van der Waals surface area (Å²) < 4.78 is 39.0. The van der Waals surface area contributed by atoms with Crippen molar-refractivity contribution in [2.75, 3.05) is 18.9 Å². The van der Waals surface area contributed by atoms with Gasteiger partial charge in [-0.2, -0.15) is 18.4 Å². The first kappa shape index (κ1) is 27.0. The van der Waals surface area contributed by atoms with Crippen LogP contribution in [0.1, 0.15) is 50.5 Å². The topological polar surface area (TPSA) is 123 Å². The van der Waals surface area contributed by atoms with Crippen LogP contribution in [0.25, 0.3) is 0 Å². The number of carbonyl (C=O) groups excluding carboxylic acids is 4.